The summed E-state index contributed by atoms with van der Waals surface area (Å²) in [5.74, 6) is 0.827. The molecule has 0 unspecified atom stereocenters. The first-order chi connectivity index (χ1) is 10.6. The summed E-state index contributed by atoms with van der Waals surface area (Å²) in [5, 5.41) is 7.86. The Morgan fingerprint density at radius 1 is 1.23 bits per heavy atom. The number of rotatable bonds is 5. The second kappa shape index (κ2) is 7.94. The number of benzene rings is 1. The molecule has 4 nitrogen and oxygen atoms in total. The van der Waals surface area contributed by atoms with E-state index in [1.165, 1.54) is 21.6 Å². The quantitative estimate of drug-likeness (QED) is 0.658. The van der Waals surface area contributed by atoms with Crippen LogP contribution in [0.2, 0.25) is 0 Å². The van der Waals surface area contributed by atoms with Gasteiger partial charge in [0, 0.05) is 37.6 Å². The van der Waals surface area contributed by atoms with Crippen LogP contribution in [0.5, 0.6) is 0 Å². The average molecular weight is 316 g/mol. The molecule has 1 aromatic heterocycles. The summed E-state index contributed by atoms with van der Waals surface area (Å²) < 4.78 is 0. The fraction of sp³-hybridized carbons (Fsp3) is 0.412. The molecule has 0 amide bonds. The molecule has 2 rings (SSSR count). The van der Waals surface area contributed by atoms with Gasteiger partial charge >= 0.3 is 0 Å². The van der Waals surface area contributed by atoms with Crippen LogP contribution in [-0.2, 0) is 13.0 Å². The minimum Gasteiger partial charge on any atom is -0.356 e. The van der Waals surface area contributed by atoms with Crippen molar-refractivity contribution in [3.8, 4) is 0 Å². The number of aromatic nitrogens is 1. The zero-order valence-electron chi connectivity index (χ0n) is 13.7. The lowest BCUT2D eigenvalue weighted by atomic mass is 10.1. The first-order valence-corrected chi connectivity index (χ1v) is 8.32. The van der Waals surface area contributed by atoms with Gasteiger partial charge in [0.05, 0.1) is 5.01 Å². The van der Waals surface area contributed by atoms with Crippen LogP contribution in [0.3, 0.4) is 0 Å². The van der Waals surface area contributed by atoms with E-state index >= 15 is 0 Å². The minimum atomic E-state index is 0.780. The predicted molar refractivity (Wildman–Crippen MR) is 94.7 cm³/mol. The molecule has 2 aromatic rings. The van der Waals surface area contributed by atoms with Gasteiger partial charge in [-0.25, -0.2) is 4.98 Å². The van der Waals surface area contributed by atoms with Crippen molar-refractivity contribution in [2.75, 3.05) is 13.6 Å². The Bertz CT molecular complexity index is 646. The first kappa shape index (κ1) is 16.5. The number of thiazole rings is 1. The van der Waals surface area contributed by atoms with E-state index in [0.29, 0.717) is 0 Å². The highest BCUT2D eigenvalue weighted by Gasteiger charge is 2.03. The number of aliphatic imine (C=N–C) groups is 1. The van der Waals surface area contributed by atoms with E-state index in [1.54, 1.807) is 18.4 Å². The fourth-order valence-corrected chi connectivity index (χ4v) is 3.04. The molecule has 1 heterocycles. The molecule has 2 N–H and O–H groups in total. The summed E-state index contributed by atoms with van der Waals surface area (Å²) in [6.45, 7) is 7.96. The van der Waals surface area contributed by atoms with E-state index < -0.39 is 0 Å². The van der Waals surface area contributed by atoms with E-state index in [2.05, 4.69) is 59.6 Å². The van der Waals surface area contributed by atoms with Crippen LogP contribution in [0, 0.1) is 20.8 Å². The maximum atomic E-state index is 4.37. The van der Waals surface area contributed by atoms with Gasteiger partial charge < -0.3 is 10.6 Å². The van der Waals surface area contributed by atoms with Gasteiger partial charge in [0.15, 0.2) is 5.96 Å². The van der Waals surface area contributed by atoms with Crippen LogP contribution in [0.1, 0.15) is 26.6 Å². The molecule has 0 radical (unpaired) electrons. The van der Waals surface area contributed by atoms with E-state index in [-0.39, 0.29) is 0 Å². The maximum Gasteiger partial charge on any atom is 0.191 e. The lowest BCUT2D eigenvalue weighted by Crippen LogP contribution is -2.38. The fourth-order valence-electron chi connectivity index (χ4n) is 2.25. The Labute approximate surface area is 136 Å². The largest absolute Gasteiger partial charge is 0.356 e. The van der Waals surface area contributed by atoms with E-state index in [9.17, 15) is 0 Å². The van der Waals surface area contributed by atoms with Crippen molar-refractivity contribution >= 4 is 17.3 Å². The van der Waals surface area contributed by atoms with Crippen LogP contribution >= 0.6 is 11.3 Å². The second-order valence-electron chi connectivity index (χ2n) is 5.40. The molecule has 118 valence electrons. The molecule has 0 atom stereocenters. The van der Waals surface area contributed by atoms with E-state index in [1.807, 2.05) is 6.20 Å². The van der Waals surface area contributed by atoms with Crippen molar-refractivity contribution in [1.82, 2.24) is 15.6 Å². The molecule has 0 saturated carbocycles. The molecule has 0 bridgehead atoms. The number of nitrogens with zero attached hydrogens (tertiary/aromatic N) is 2. The van der Waals surface area contributed by atoms with Gasteiger partial charge in [-0.3, -0.25) is 4.99 Å². The number of hydrogen-bond acceptors (Lipinski definition) is 3. The lowest BCUT2D eigenvalue weighted by Gasteiger charge is -2.13. The molecule has 0 aliphatic heterocycles. The zero-order chi connectivity index (χ0) is 15.9. The Hall–Kier alpha value is -1.88. The van der Waals surface area contributed by atoms with Crippen molar-refractivity contribution in [1.29, 1.82) is 0 Å². The third-order valence-corrected chi connectivity index (χ3v) is 4.44. The molecule has 0 aliphatic rings. The topological polar surface area (TPSA) is 49.3 Å². The van der Waals surface area contributed by atoms with Crippen molar-refractivity contribution < 1.29 is 0 Å². The standard InChI is InChI=1S/C17H24N4S/c1-12-5-6-15(13(2)9-12)11-21-17(18-4)19-8-7-16-20-10-14(3)22-16/h5-6,9-10H,7-8,11H2,1-4H3,(H2,18,19,21). The molecule has 22 heavy (non-hydrogen) atoms. The SMILES string of the molecule is CN=C(NCCc1ncc(C)s1)NCc1ccc(C)cc1C. The smallest absolute Gasteiger partial charge is 0.191 e. The molecule has 0 fully saturated rings. The third kappa shape index (κ3) is 4.84. The van der Waals surface area contributed by atoms with Crippen LogP contribution in [0.4, 0.5) is 0 Å². The van der Waals surface area contributed by atoms with Gasteiger partial charge in [-0.2, -0.15) is 0 Å². The molecule has 5 heteroatoms. The molecular formula is C17H24N4S. The summed E-state index contributed by atoms with van der Waals surface area (Å²) in [6, 6.07) is 6.52. The van der Waals surface area contributed by atoms with Crippen molar-refractivity contribution in [2.45, 2.75) is 33.7 Å². The Balaban J connectivity index is 1.80. The normalized spacial score (nSPS) is 11.5. The van der Waals surface area contributed by atoms with Crippen molar-refractivity contribution in [3.63, 3.8) is 0 Å². The van der Waals surface area contributed by atoms with E-state index in [0.717, 1.165) is 30.5 Å². The molecule has 1 aromatic carbocycles. The Morgan fingerprint density at radius 3 is 2.68 bits per heavy atom. The summed E-state index contributed by atoms with van der Waals surface area (Å²) in [5.41, 5.74) is 3.90. The highest BCUT2D eigenvalue weighted by Crippen LogP contribution is 2.11. The zero-order valence-corrected chi connectivity index (χ0v) is 14.5. The number of nitrogens with one attached hydrogen (secondary N) is 2. The molecule has 0 spiro atoms. The van der Waals surface area contributed by atoms with Crippen LogP contribution < -0.4 is 10.6 Å². The minimum absolute atomic E-state index is 0.780. The van der Waals surface area contributed by atoms with Gasteiger partial charge in [0.1, 0.15) is 0 Å². The predicted octanol–water partition coefficient (Wildman–Crippen LogP) is 2.98. The summed E-state index contributed by atoms with van der Waals surface area (Å²) in [7, 11) is 1.80. The van der Waals surface area contributed by atoms with Gasteiger partial charge in [-0.05, 0) is 31.9 Å². The van der Waals surface area contributed by atoms with Gasteiger partial charge in [-0.1, -0.05) is 23.8 Å². The number of guanidine groups is 1. The summed E-state index contributed by atoms with van der Waals surface area (Å²) >= 11 is 1.75. The highest BCUT2D eigenvalue weighted by molar-refractivity contribution is 7.11. The van der Waals surface area contributed by atoms with Gasteiger partial charge in [0.25, 0.3) is 0 Å². The Morgan fingerprint density at radius 2 is 2.05 bits per heavy atom. The number of hydrogen-bond donors (Lipinski definition) is 2. The third-order valence-electron chi connectivity index (χ3n) is 3.47. The lowest BCUT2D eigenvalue weighted by molar-refractivity contribution is 0.790. The van der Waals surface area contributed by atoms with Crippen molar-refractivity contribution in [2.24, 2.45) is 4.99 Å². The van der Waals surface area contributed by atoms with Crippen LogP contribution in [0.15, 0.2) is 29.4 Å². The Kier molecular flexibility index (Phi) is 5.95. The average Bonchev–Trinajstić information content (AvgIpc) is 2.89. The first-order valence-electron chi connectivity index (χ1n) is 7.50. The van der Waals surface area contributed by atoms with Gasteiger partial charge in [0.2, 0.25) is 0 Å². The van der Waals surface area contributed by atoms with Crippen LogP contribution in [0.25, 0.3) is 0 Å². The van der Waals surface area contributed by atoms with E-state index in [4.69, 9.17) is 0 Å². The van der Waals surface area contributed by atoms with Crippen LogP contribution in [-0.4, -0.2) is 24.5 Å². The highest BCUT2D eigenvalue weighted by atomic mass is 32.1. The second-order valence-corrected chi connectivity index (χ2v) is 6.72. The van der Waals surface area contributed by atoms with Crippen molar-refractivity contribution in [3.05, 3.63) is 51.0 Å². The monoisotopic (exact) mass is 316 g/mol. The number of aryl methyl sites for hydroxylation is 3. The molecule has 0 saturated heterocycles. The summed E-state index contributed by atoms with van der Waals surface area (Å²) in [4.78, 5) is 9.89. The maximum absolute atomic E-state index is 4.37. The van der Waals surface area contributed by atoms with Gasteiger partial charge in [-0.15, -0.1) is 11.3 Å². The molecular weight excluding hydrogens is 292 g/mol. The summed E-state index contributed by atoms with van der Waals surface area (Å²) in [6.07, 6.45) is 2.84. The molecule has 0 aliphatic carbocycles.